The summed E-state index contributed by atoms with van der Waals surface area (Å²) < 4.78 is 5.03. The second-order valence-corrected chi connectivity index (χ2v) is 7.78. The topological polar surface area (TPSA) is 84.5 Å². The van der Waals surface area contributed by atoms with Crippen LogP contribution >= 0.6 is 0 Å². The van der Waals surface area contributed by atoms with E-state index < -0.39 is 12.1 Å². The van der Waals surface area contributed by atoms with Crippen molar-refractivity contribution in [1.82, 2.24) is 10.6 Å². The Kier molecular flexibility index (Phi) is 7.80. The Morgan fingerprint density at radius 2 is 1.58 bits per heavy atom. The van der Waals surface area contributed by atoms with E-state index in [1.807, 2.05) is 26.0 Å². The smallest absolute Gasteiger partial charge is 0.326 e. The number of hydrogen-bond acceptors (Lipinski definition) is 4. The number of carbonyl (C=O) groups excluding carboxylic acids is 3. The summed E-state index contributed by atoms with van der Waals surface area (Å²) in [6.07, 6.45) is -0.899. The molecular weight excluding hydrogens is 332 g/mol. The van der Waals surface area contributed by atoms with Crippen LogP contribution in [-0.2, 0) is 19.7 Å². The van der Waals surface area contributed by atoms with Gasteiger partial charge in [0.2, 0.25) is 0 Å². The maximum Gasteiger partial charge on any atom is 0.326 e. The van der Waals surface area contributed by atoms with Gasteiger partial charge in [-0.05, 0) is 36.0 Å². The lowest BCUT2D eigenvalue weighted by molar-refractivity contribution is -0.153. The molecule has 0 saturated carbocycles. The maximum atomic E-state index is 12.1. The largest absolute Gasteiger partial charge is 0.451 e. The minimum atomic E-state index is -0.899. The second-order valence-electron chi connectivity index (χ2n) is 7.78. The van der Waals surface area contributed by atoms with Gasteiger partial charge in [-0.25, -0.2) is 0 Å². The van der Waals surface area contributed by atoms with E-state index in [1.165, 1.54) is 6.92 Å². The molecule has 1 unspecified atom stereocenters. The predicted octanol–water partition coefficient (Wildman–Crippen LogP) is 2.42. The maximum absolute atomic E-state index is 12.1. The van der Waals surface area contributed by atoms with Crippen molar-refractivity contribution in [2.24, 2.45) is 5.92 Å². The van der Waals surface area contributed by atoms with Crippen molar-refractivity contribution >= 4 is 17.8 Å². The van der Waals surface area contributed by atoms with Gasteiger partial charge < -0.3 is 15.4 Å². The fraction of sp³-hybridized carbons (Fsp3) is 0.550. The van der Waals surface area contributed by atoms with Gasteiger partial charge in [0, 0.05) is 12.1 Å². The summed E-state index contributed by atoms with van der Waals surface area (Å²) >= 11 is 0. The second kappa shape index (κ2) is 9.36. The molecule has 0 heterocycles. The molecule has 0 aliphatic rings. The van der Waals surface area contributed by atoms with E-state index in [4.69, 9.17) is 4.74 Å². The van der Waals surface area contributed by atoms with E-state index in [0.717, 1.165) is 5.56 Å². The molecule has 26 heavy (non-hydrogen) atoms. The fourth-order valence-corrected chi connectivity index (χ4v) is 2.12. The highest BCUT2D eigenvalue weighted by Crippen LogP contribution is 2.22. The lowest BCUT2D eigenvalue weighted by Gasteiger charge is -2.19. The van der Waals surface area contributed by atoms with E-state index in [2.05, 4.69) is 31.4 Å². The molecule has 2 amide bonds. The van der Waals surface area contributed by atoms with E-state index in [9.17, 15) is 14.4 Å². The fourth-order valence-electron chi connectivity index (χ4n) is 2.12. The van der Waals surface area contributed by atoms with Crippen LogP contribution in [-0.4, -0.2) is 37.0 Å². The monoisotopic (exact) mass is 362 g/mol. The number of carbonyl (C=O) groups is 3. The Balaban J connectivity index is 2.46. The zero-order valence-corrected chi connectivity index (χ0v) is 16.5. The summed E-state index contributed by atoms with van der Waals surface area (Å²) in [7, 11) is 0. The summed E-state index contributed by atoms with van der Waals surface area (Å²) in [5.41, 5.74) is 1.59. The molecule has 2 N–H and O–H groups in total. The third-order valence-electron chi connectivity index (χ3n) is 3.77. The van der Waals surface area contributed by atoms with Gasteiger partial charge in [0.05, 0.1) is 0 Å². The summed E-state index contributed by atoms with van der Waals surface area (Å²) in [6, 6.07) is 7.25. The Hall–Kier alpha value is -2.37. The first-order chi connectivity index (χ1) is 12.0. The molecule has 1 aromatic carbocycles. The third-order valence-corrected chi connectivity index (χ3v) is 3.77. The lowest BCUT2D eigenvalue weighted by atomic mass is 9.87. The lowest BCUT2D eigenvalue weighted by Crippen LogP contribution is -2.39. The number of hydrogen-bond donors (Lipinski definition) is 2. The minimum Gasteiger partial charge on any atom is -0.451 e. The van der Waals surface area contributed by atoms with Crippen LogP contribution in [0, 0.1) is 5.92 Å². The molecule has 6 nitrogen and oxygen atoms in total. The SMILES string of the molecule is CC(C)CNC(=O)C(C)OC(=O)CNC(=O)c1ccc(C(C)(C)C)cc1. The number of ether oxygens (including phenoxy) is 1. The van der Waals surface area contributed by atoms with Gasteiger partial charge >= 0.3 is 5.97 Å². The van der Waals surface area contributed by atoms with Crippen molar-refractivity contribution in [3.8, 4) is 0 Å². The standard InChI is InChI=1S/C20H30N2O4/c1-13(2)11-21-18(24)14(3)26-17(23)12-22-19(25)15-7-9-16(10-8-15)20(4,5)6/h7-10,13-14H,11-12H2,1-6H3,(H,21,24)(H,22,25). The van der Waals surface area contributed by atoms with Crippen molar-refractivity contribution in [2.45, 2.75) is 53.1 Å². The molecule has 6 heteroatoms. The summed E-state index contributed by atoms with van der Waals surface area (Å²) in [6.45, 7) is 12.0. The number of benzene rings is 1. The van der Waals surface area contributed by atoms with Crippen LogP contribution in [0.15, 0.2) is 24.3 Å². The highest BCUT2D eigenvalue weighted by molar-refractivity contribution is 5.96. The van der Waals surface area contributed by atoms with Gasteiger partial charge in [0.1, 0.15) is 6.54 Å². The first kappa shape index (κ1) is 21.7. The molecule has 144 valence electrons. The van der Waals surface area contributed by atoms with Gasteiger partial charge in [-0.2, -0.15) is 0 Å². The number of rotatable bonds is 7. The highest BCUT2D eigenvalue weighted by Gasteiger charge is 2.19. The van der Waals surface area contributed by atoms with E-state index >= 15 is 0 Å². The minimum absolute atomic E-state index is 0.00505. The van der Waals surface area contributed by atoms with Crippen molar-refractivity contribution in [2.75, 3.05) is 13.1 Å². The van der Waals surface area contributed by atoms with E-state index in [1.54, 1.807) is 12.1 Å². The first-order valence-corrected chi connectivity index (χ1v) is 8.86. The number of amides is 2. The van der Waals surface area contributed by atoms with Crippen LogP contribution in [0.5, 0.6) is 0 Å². The van der Waals surface area contributed by atoms with Crippen molar-refractivity contribution in [3.05, 3.63) is 35.4 Å². The van der Waals surface area contributed by atoms with Crippen LogP contribution in [0.25, 0.3) is 0 Å². The van der Waals surface area contributed by atoms with Crippen LogP contribution < -0.4 is 10.6 Å². The Bertz CT molecular complexity index is 630. The average Bonchev–Trinajstić information content (AvgIpc) is 2.56. The van der Waals surface area contributed by atoms with Crippen LogP contribution in [0.2, 0.25) is 0 Å². The van der Waals surface area contributed by atoms with Crippen LogP contribution in [0.1, 0.15) is 57.5 Å². The van der Waals surface area contributed by atoms with Gasteiger partial charge in [-0.15, -0.1) is 0 Å². The normalized spacial score (nSPS) is 12.4. The molecule has 1 atom stereocenters. The molecule has 0 saturated heterocycles. The van der Waals surface area contributed by atoms with Crippen molar-refractivity contribution < 1.29 is 19.1 Å². The summed E-state index contributed by atoms with van der Waals surface area (Å²) in [5, 5.41) is 5.20. The molecule has 0 aliphatic heterocycles. The van der Waals surface area contributed by atoms with Gasteiger partial charge in [-0.3, -0.25) is 14.4 Å². The molecule has 0 spiro atoms. The van der Waals surface area contributed by atoms with Gasteiger partial charge in [-0.1, -0.05) is 46.8 Å². The quantitative estimate of drug-likeness (QED) is 0.730. The summed E-state index contributed by atoms with van der Waals surface area (Å²) in [4.78, 5) is 35.7. The zero-order chi connectivity index (χ0) is 19.9. The highest BCUT2D eigenvalue weighted by atomic mass is 16.5. The Morgan fingerprint density at radius 1 is 1.00 bits per heavy atom. The molecule has 0 aromatic heterocycles. The van der Waals surface area contributed by atoms with Gasteiger partial charge in [0.15, 0.2) is 6.10 Å². The molecule has 1 rings (SSSR count). The number of esters is 1. The van der Waals surface area contributed by atoms with Crippen LogP contribution in [0.4, 0.5) is 0 Å². The van der Waals surface area contributed by atoms with Crippen LogP contribution in [0.3, 0.4) is 0 Å². The number of nitrogens with one attached hydrogen (secondary N) is 2. The van der Waals surface area contributed by atoms with E-state index in [0.29, 0.717) is 18.0 Å². The third kappa shape index (κ3) is 7.25. The molecule has 0 bridgehead atoms. The molecule has 0 aliphatic carbocycles. The molecule has 0 fully saturated rings. The molecule has 1 aromatic rings. The molecule has 0 radical (unpaired) electrons. The van der Waals surface area contributed by atoms with Crippen molar-refractivity contribution in [1.29, 1.82) is 0 Å². The average molecular weight is 362 g/mol. The summed E-state index contributed by atoms with van der Waals surface area (Å²) in [5.74, 6) is -1.06. The van der Waals surface area contributed by atoms with Crippen molar-refractivity contribution in [3.63, 3.8) is 0 Å². The zero-order valence-electron chi connectivity index (χ0n) is 16.5. The van der Waals surface area contributed by atoms with E-state index in [-0.39, 0.29) is 23.8 Å². The first-order valence-electron chi connectivity index (χ1n) is 8.86. The predicted molar refractivity (Wildman–Crippen MR) is 101 cm³/mol. The van der Waals surface area contributed by atoms with Gasteiger partial charge in [0.25, 0.3) is 11.8 Å². The molecular formula is C20H30N2O4. The Labute approximate surface area is 155 Å². The Morgan fingerprint density at radius 3 is 2.08 bits per heavy atom.